The second-order valence-corrected chi connectivity index (χ2v) is 5.95. The Morgan fingerprint density at radius 3 is 2.56 bits per heavy atom. The zero-order valence-corrected chi connectivity index (χ0v) is 11.7. The molecule has 0 saturated carbocycles. The van der Waals surface area contributed by atoms with Crippen molar-refractivity contribution in [2.75, 3.05) is 12.3 Å². The van der Waals surface area contributed by atoms with Crippen LogP contribution in [-0.2, 0) is 4.79 Å². The quantitative estimate of drug-likeness (QED) is 0.658. The van der Waals surface area contributed by atoms with Crippen molar-refractivity contribution in [3.05, 3.63) is 0 Å². The van der Waals surface area contributed by atoms with E-state index in [0.29, 0.717) is 11.7 Å². The summed E-state index contributed by atoms with van der Waals surface area (Å²) in [5.74, 6) is 0.153. The number of thioether (sulfide) groups is 1. The van der Waals surface area contributed by atoms with Crippen molar-refractivity contribution in [2.45, 2.75) is 57.7 Å². The van der Waals surface area contributed by atoms with Crippen LogP contribution in [0.2, 0.25) is 0 Å². The van der Waals surface area contributed by atoms with Crippen molar-refractivity contribution >= 4 is 17.7 Å². The first-order valence-corrected chi connectivity index (χ1v) is 7.11. The van der Waals surface area contributed by atoms with Gasteiger partial charge in [0.2, 0.25) is 0 Å². The maximum Gasteiger partial charge on any atom is 0.323 e. The SMILES string of the molecule is CCCNC(C)(CCSC(C)CC)C(=O)O. The Bertz CT molecular complexity index is 211. The maximum absolute atomic E-state index is 11.2. The molecule has 2 N–H and O–H groups in total. The molecule has 0 aromatic heterocycles. The standard InChI is InChI=1S/C12H25NO2S/c1-5-8-13-12(4,11(14)15)7-9-16-10(3)6-2/h10,13H,5-9H2,1-4H3,(H,14,15). The summed E-state index contributed by atoms with van der Waals surface area (Å²) < 4.78 is 0. The lowest BCUT2D eigenvalue weighted by Crippen LogP contribution is -2.50. The monoisotopic (exact) mass is 247 g/mol. The molecule has 0 radical (unpaired) electrons. The van der Waals surface area contributed by atoms with Crippen molar-refractivity contribution in [3.63, 3.8) is 0 Å². The first kappa shape index (κ1) is 15.8. The largest absolute Gasteiger partial charge is 0.480 e. The van der Waals surface area contributed by atoms with Crippen LogP contribution in [0.3, 0.4) is 0 Å². The first-order chi connectivity index (χ1) is 7.46. The van der Waals surface area contributed by atoms with Gasteiger partial charge in [-0.1, -0.05) is 20.8 Å². The van der Waals surface area contributed by atoms with E-state index in [4.69, 9.17) is 0 Å². The minimum atomic E-state index is -0.767. The average molecular weight is 247 g/mol. The van der Waals surface area contributed by atoms with Gasteiger partial charge in [0.1, 0.15) is 5.54 Å². The highest BCUT2D eigenvalue weighted by Crippen LogP contribution is 2.19. The molecule has 0 aromatic carbocycles. The summed E-state index contributed by atoms with van der Waals surface area (Å²) in [4.78, 5) is 11.2. The normalized spacial score (nSPS) is 16.8. The third kappa shape index (κ3) is 5.75. The number of aliphatic carboxylic acids is 1. The van der Waals surface area contributed by atoms with Gasteiger partial charge in [0.05, 0.1) is 0 Å². The molecule has 0 aliphatic heterocycles. The molecule has 0 aliphatic carbocycles. The van der Waals surface area contributed by atoms with Crippen LogP contribution < -0.4 is 5.32 Å². The Morgan fingerprint density at radius 2 is 2.12 bits per heavy atom. The molecule has 0 fully saturated rings. The van der Waals surface area contributed by atoms with E-state index in [2.05, 4.69) is 19.2 Å². The van der Waals surface area contributed by atoms with Crippen molar-refractivity contribution < 1.29 is 9.90 Å². The molecular formula is C12H25NO2S. The van der Waals surface area contributed by atoms with Gasteiger partial charge >= 0.3 is 5.97 Å². The molecule has 2 atom stereocenters. The zero-order valence-electron chi connectivity index (χ0n) is 10.9. The lowest BCUT2D eigenvalue weighted by Gasteiger charge is -2.26. The van der Waals surface area contributed by atoms with Crippen LogP contribution in [0.15, 0.2) is 0 Å². The second-order valence-electron chi connectivity index (χ2n) is 4.40. The third-order valence-corrected chi connectivity index (χ3v) is 4.16. The Balaban J connectivity index is 4.07. The topological polar surface area (TPSA) is 49.3 Å². The Hall–Kier alpha value is -0.220. The van der Waals surface area contributed by atoms with E-state index in [1.54, 1.807) is 6.92 Å². The first-order valence-electron chi connectivity index (χ1n) is 6.06. The van der Waals surface area contributed by atoms with Gasteiger partial charge in [0, 0.05) is 5.25 Å². The number of rotatable bonds is 9. The lowest BCUT2D eigenvalue weighted by molar-refractivity contribution is -0.144. The predicted molar refractivity (Wildman–Crippen MR) is 71.2 cm³/mol. The highest BCUT2D eigenvalue weighted by Gasteiger charge is 2.31. The molecule has 0 aliphatic rings. The number of carbonyl (C=O) groups is 1. The number of hydrogen-bond donors (Lipinski definition) is 2. The van der Waals surface area contributed by atoms with E-state index in [1.165, 1.54) is 0 Å². The van der Waals surface area contributed by atoms with E-state index in [0.717, 1.165) is 25.1 Å². The number of carboxylic acids is 1. The van der Waals surface area contributed by atoms with Crippen LogP contribution in [0.5, 0.6) is 0 Å². The summed E-state index contributed by atoms with van der Waals surface area (Å²) in [6.07, 6.45) is 2.77. The van der Waals surface area contributed by atoms with Crippen LogP contribution in [0.4, 0.5) is 0 Å². The van der Waals surface area contributed by atoms with Crippen LogP contribution in [0.1, 0.15) is 47.0 Å². The minimum absolute atomic E-state index is 0.615. The molecule has 3 nitrogen and oxygen atoms in total. The molecular weight excluding hydrogens is 222 g/mol. The van der Waals surface area contributed by atoms with Gasteiger partial charge in [-0.2, -0.15) is 11.8 Å². The van der Waals surface area contributed by atoms with Crippen LogP contribution in [0.25, 0.3) is 0 Å². The molecule has 0 saturated heterocycles. The van der Waals surface area contributed by atoms with Crippen molar-refractivity contribution in [3.8, 4) is 0 Å². The zero-order chi connectivity index (χ0) is 12.6. The third-order valence-electron chi connectivity index (χ3n) is 2.82. The van der Waals surface area contributed by atoms with E-state index in [1.807, 2.05) is 18.7 Å². The molecule has 4 heteroatoms. The summed E-state index contributed by atoms with van der Waals surface area (Å²) in [5, 5.41) is 12.9. The molecule has 0 bridgehead atoms. The van der Waals surface area contributed by atoms with Crippen LogP contribution in [0, 0.1) is 0 Å². The van der Waals surface area contributed by atoms with Gasteiger partial charge < -0.3 is 10.4 Å². The fourth-order valence-corrected chi connectivity index (χ4v) is 2.42. The van der Waals surface area contributed by atoms with E-state index in [-0.39, 0.29) is 0 Å². The lowest BCUT2D eigenvalue weighted by atomic mass is 9.99. The Labute approximate surface area is 103 Å². The van der Waals surface area contributed by atoms with Gasteiger partial charge in [-0.25, -0.2) is 0 Å². The second kappa shape index (κ2) is 7.96. The number of carboxylic acid groups (broad SMARTS) is 1. The fourth-order valence-electron chi connectivity index (χ4n) is 1.25. The summed E-state index contributed by atoms with van der Waals surface area (Å²) in [6.45, 7) is 8.92. The van der Waals surface area contributed by atoms with Gasteiger partial charge in [-0.15, -0.1) is 0 Å². The highest BCUT2D eigenvalue weighted by atomic mass is 32.2. The van der Waals surface area contributed by atoms with Gasteiger partial charge in [0.25, 0.3) is 0 Å². The Kier molecular flexibility index (Phi) is 7.85. The minimum Gasteiger partial charge on any atom is -0.480 e. The maximum atomic E-state index is 11.2. The Morgan fingerprint density at radius 1 is 1.50 bits per heavy atom. The van der Waals surface area contributed by atoms with Gasteiger partial charge in [-0.05, 0) is 38.5 Å². The molecule has 0 rings (SSSR count). The molecule has 0 spiro atoms. The number of hydrogen-bond acceptors (Lipinski definition) is 3. The molecule has 0 heterocycles. The van der Waals surface area contributed by atoms with E-state index < -0.39 is 11.5 Å². The van der Waals surface area contributed by atoms with Crippen LogP contribution >= 0.6 is 11.8 Å². The summed E-state index contributed by atoms with van der Waals surface area (Å²) in [7, 11) is 0. The summed E-state index contributed by atoms with van der Waals surface area (Å²) in [6, 6.07) is 0. The molecule has 96 valence electrons. The van der Waals surface area contributed by atoms with Gasteiger partial charge in [0.15, 0.2) is 0 Å². The fraction of sp³-hybridized carbons (Fsp3) is 0.917. The predicted octanol–water partition coefficient (Wildman–Crippen LogP) is 2.75. The average Bonchev–Trinajstić information content (AvgIpc) is 2.25. The smallest absolute Gasteiger partial charge is 0.323 e. The van der Waals surface area contributed by atoms with Crippen molar-refractivity contribution in [2.24, 2.45) is 0 Å². The molecule has 0 aromatic rings. The van der Waals surface area contributed by atoms with Crippen molar-refractivity contribution in [1.82, 2.24) is 5.32 Å². The van der Waals surface area contributed by atoms with Gasteiger partial charge in [-0.3, -0.25) is 4.79 Å². The summed E-state index contributed by atoms with van der Waals surface area (Å²) in [5.41, 5.74) is -0.767. The highest BCUT2D eigenvalue weighted by molar-refractivity contribution is 7.99. The van der Waals surface area contributed by atoms with E-state index in [9.17, 15) is 9.90 Å². The van der Waals surface area contributed by atoms with Crippen LogP contribution in [-0.4, -0.2) is 34.2 Å². The van der Waals surface area contributed by atoms with E-state index >= 15 is 0 Å². The molecule has 2 unspecified atom stereocenters. The molecule has 0 amide bonds. The number of nitrogens with one attached hydrogen (secondary N) is 1. The van der Waals surface area contributed by atoms with Crippen molar-refractivity contribution in [1.29, 1.82) is 0 Å². The summed E-state index contributed by atoms with van der Waals surface area (Å²) >= 11 is 1.85. The molecule has 16 heavy (non-hydrogen) atoms.